The Labute approximate surface area is 125 Å². The van der Waals surface area contributed by atoms with E-state index in [1.165, 1.54) is 30.3 Å². The largest absolute Gasteiger partial charge is 0.489 e. The van der Waals surface area contributed by atoms with Crippen LogP contribution in [0.2, 0.25) is 5.02 Å². The first-order valence-corrected chi connectivity index (χ1v) is 6.43. The number of hydrogen-bond acceptors (Lipinski definition) is 4. The average Bonchev–Trinajstić information content (AvgIpc) is 2.48. The van der Waals surface area contributed by atoms with E-state index in [4.69, 9.17) is 22.1 Å². The van der Waals surface area contributed by atoms with Gasteiger partial charge >= 0.3 is 0 Å². The van der Waals surface area contributed by atoms with E-state index in [1.807, 2.05) is 0 Å². The number of non-ortho nitro benzene ring substituents is 1. The molecule has 0 aromatic heterocycles. The van der Waals surface area contributed by atoms with Crippen molar-refractivity contribution >= 4 is 17.3 Å². The highest BCUT2D eigenvalue weighted by atomic mass is 35.5. The molecule has 21 heavy (non-hydrogen) atoms. The summed E-state index contributed by atoms with van der Waals surface area (Å²) in [5.41, 5.74) is 6.47. The van der Waals surface area contributed by atoms with Crippen LogP contribution in [0.3, 0.4) is 0 Å². The SMILES string of the molecule is NCc1cc([N+](=O)[O-])ccc1OCc1cccc(F)c1Cl. The highest BCUT2D eigenvalue weighted by Crippen LogP contribution is 2.26. The van der Waals surface area contributed by atoms with E-state index in [2.05, 4.69) is 0 Å². The molecule has 5 nitrogen and oxygen atoms in total. The summed E-state index contributed by atoms with van der Waals surface area (Å²) in [5, 5.41) is 10.7. The zero-order valence-electron chi connectivity index (χ0n) is 10.9. The third-order valence-electron chi connectivity index (χ3n) is 2.89. The molecular formula is C14H12ClFN2O3. The third kappa shape index (κ3) is 3.48. The molecule has 0 fully saturated rings. The van der Waals surface area contributed by atoms with Gasteiger partial charge in [0.05, 0.1) is 9.95 Å². The molecule has 0 heterocycles. The number of ether oxygens (including phenoxy) is 1. The van der Waals surface area contributed by atoms with Gasteiger partial charge in [-0.25, -0.2) is 4.39 Å². The molecule has 0 saturated carbocycles. The van der Waals surface area contributed by atoms with Crippen LogP contribution >= 0.6 is 11.6 Å². The molecule has 2 rings (SSSR count). The third-order valence-corrected chi connectivity index (χ3v) is 3.31. The minimum Gasteiger partial charge on any atom is -0.489 e. The lowest BCUT2D eigenvalue weighted by atomic mass is 10.1. The summed E-state index contributed by atoms with van der Waals surface area (Å²) in [6, 6.07) is 8.55. The van der Waals surface area contributed by atoms with Crippen molar-refractivity contribution in [1.82, 2.24) is 0 Å². The molecule has 2 aromatic carbocycles. The lowest BCUT2D eigenvalue weighted by Gasteiger charge is -2.11. The van der Waals surface area contributed by atoms with E-state index in [9.17, 15) is 14.5 Å². The maximum Gasteiger partial charge on any atom is 0.270 e. The number of nitro groups is 1. The zero-order valence-corrected chi connectivity index (χ0v) is 11.6. The molecule has 0 atom stereocenters. The van der Waals surface area contributed by atoms with Gasteiger partial charge in [0.25, 0.3) is 5.69 Å². The van der Waals surface area contributed by atoms with Crippen LogP contribution in [-0.2, 0) is 13.2 Å². The fourth-order valence-corrected chi connectivity index (χ4v) is 1.98. The highest BCUT2D eigenvalue weighted by Gasteiger charge is 2.12. The minimum absolute atomic E-state index is 0.00582. The van der Waals surface area contributed by atoms with E-state index >= 15 is 0 Å². The van der Waals surface area contributed by atoms with E-state index in [-0.39, 0.29) is 23.9 Å². The lowest BCUT2D eigenvalue weighted by molar-refractivity contribution is -0.384. The van der Waals surface area contributed by atoms with Gasteiger partial charge in [0.2, 0.25) is 0 Å². The Hall–Kier alpha value is -2.18. The van der Waals surface area contributed by atoms with Crippen molar-refractivity contribution in [2.24, 2.45) is 5.73 Å². The average molecular weight is 311 g/mol. The molecule has 7 heteroatoms. The van der Waals surface area contributed by atoms with Crippen LogP contribution in [0, 0.1) is 15.9 Å². The van der Waals surface area contributed by atoms with Crippen molar-refractivity contribution in [2.75, 3.05) is 0 Å². The summed E-state index contributed by atoms with van der Waals surface area (Å²) >= 11 is 5.83. The van der Waals surface area contributed by atoms with E-state index in [0.29, 0.717) is 16.9 Å². The second-order valence-electron chi connectivity index (χ2n) is 4.25. The van der Waals surface area contributed by atoms with Gasteiger partial charge in [-0.15, -0.1) is 0 Å². The topological polar surface area (TPSA) is 78.4 Å². The standard InChI is InChI=1S/C14H12ClFN2O3/c15-14-9(2-1-3-12(14)16)8-21-13-5-4-11(18(19)20)6-10(13)7-17/h1-6H,7-8,17H2. The molecular weight excluding hydrogens is 299 g/mol. The number of nitro benzene ring substituents is 1. The molecule has 0 saturated heterocycles. The summed E-state index contributed by atoms with van der Waals surface area (Å²) in [5.74, 6) is -0.121. The smallest absolute Gasteiger partial charge is 0.270 e. The van der Waals surface area contributed by atoms with Crippen LogP contribution in [0.4, 0.5) is 10.1 Å². The van der Waals surface area contributed by atoms with Gasteiger partial charge in [-0.2, -0.15) is 0 Å². The number of halogens is 2. The van der Waals surface area contributed by atoms with Crippen LogP contribution in [-0.4, -0.2) is 4.92 Å². The molecule has 0 bridgehead atoms. The quantitative estimate of drug-likeness (QED) is 0.678. The first kappa shape index (κ1) is 15.2. The number of rotatable bonds is 5. The Morgan fingerprint density at radius 2 is 2.05 bits per heavy atom. The van der Waals surface area contributed by atoms with Crippen molar-refractivity contribution < 1.29 is 14.1 Å². The van der Waals surface area contributed by atoms with Crippen LogP contribution in [0.15, 0.2) is 36.4 Å². The molecule has 2 aromatic rings. The molecule has 0 aliphatic rings. The summed E-state index contributed by atoms with van der Waals surface area (Å²) in [4.78, 5) is 10.2. The highest BCUT2D eigenvalue weighted by molar-refractivity contribution is 6.31. The van der Waals surface area contributed by atoms with Gasteiger partial charge in [-0.05, 0) is 12.1 Å². The molecule has 0 amide bonds. The summed E-state index contributed by atoms with van der Waals surface area (Å²) in [7, 11) is 0. The summed E-state index contributed by atoms with van der Waals surface area (Å²) in [6.07, 6.45) is 0. The Bertz CT molecular complexity index is 679. The van der Waals surface area contributed by atoms with E-state index in [0.717, 1.165) is 0 Å². The molecule has 0 unspecified atom stereocenters. The first-order chi connectivity index (χ1) is 10.0. The van der Waals surface area contributed by atoms with Crippen LogP contribution in [0.1, 0.15) is 11.1 Å². The van der Waals surface area contributed by atoms with Crippen LogP contribution in [0.25, 0.3) is 0 Å². The first-order valence-electron chi connectivity index (χ1n) is 6.06. The molecule has 0 aliphatic carbocycles. The fourth-order valence-electron chi connectivity index (χ4n) is 1.80. The van der Waals surface area contributed by atoms with Crippen molar-refractivity contribution in [2.45, 2.75) is 13.2 Å². The van der Waals surface area contributed by atoms with Crippen LogP contribution < -0.4 is 10.5 Å². The second kappa shape index (κ2) is 6.51. The normalized spacial score (nSPS) is 10.4. The van der Waals surface area contributed by atoms with E-state index < -0.39 is 10.7 Å². The number of hydrogen-bond donors (Lipinski definition) is 1. The monoisotopic (exact) mass is 310 g/mol. The van der Waals surface area contributed by atoms with Gasteiger partial charge in [-0.3, -0.25) is 10.1 Å². The maximum absolute atomic E-state index is 13.3. The predicted octanol–water partition coefficient (Wildman–Crippen LogP) is 3.43. The Morgan fingerprint density at radius 3 is 2.71 bits per heavy atom. The fraction of sp³-hybridized carbons (Fsp3) is 0.143. The van der Waals surface area contributed by atoms with Crippen LogP contribution in [0.5, 0.6) is 5.75 Å². The number of nitrogens with zero attached hydrogens (tertiary/aromatic N) is 1. The Balaban J connectivity index is 2.20. The van der Waals surface area contributed by atoms with Crippen molar-refractivity contribution in [3.05, 3.63) is 68.5 Å². The van der Waals surface area contributed by atoms with Gasteiger partial charge < -0.3 is 10.5 Å². The lowest BCUT2D eigenvalue weighted by Crippen LogP contribution is -2.04. The van der Waals surface area contributed by atoms with Gasteiger partial charge in [0.1, 0.15) is 18.2 Å². The number of benzene rings is 2. The molecule has 0 radical (unpaired) electrons. The summed E-state index contributed by atoms with van der Waals surface area (Å²) in [6.45, 7) is 0.134. The van der Waals surface area contributed by atoms with Gasteiger partial charge in [-0.1, -0.05) is 23.7 Å². The number of nitrogens with two attached hydrogens (primary N) is 1. The van der Waals surface area contributed by atoms with E-state index in [1.54, 1.807) is 6.07 Å². The van der Waals surface area contributed by atoms with Gasteiger partial charge in [0, 0.05) is 29.8 Å². The zero-order chi connectivity index (χ0) is 15.4. The predicted molar refractivity (Wildman–Crippen MR) is 76.7 cm³/mol. The molecule has 110 valence electrons. The minimum atomic E-state index is -0.527. The summed E-state index contributed by atoms with van der Waals surface area (Å²) < 4.78 is 18.8. The maximum atomic E-state index is 13.3. The van der Waals surface area contributed by atoms with Crippen molar-refractivity contribution in [1.29, 1.82) is 0 Å². The Kier molecular flexibility index (Phi) is 4.72. The molecule has 2 N–H and O–H groups in total. The van der Waals surface area contributed by atoms with Crippen molar-refractivity contribution in [3.63, 3.8) is 0 Å². The second-order valence-corrected chi connectivity index (χ2v) is 4.63. The Morgan fingerprint density at radius 1 is 1.29 bits per heavy atom. The molecule has 0 spiro atoms. The van der Waals surface area contributed by atoms with Crippen molar-refractivity contribution in [3.8, 4) is 5.75 Å². The van der Waals surface area contributed by atoms with Gasteiger partial charge in [0.15, 0.2) is 0 Å². The molecule has 0 aliphatic heterocycles.